The van der Waals surface area contributed by atoms with Gasteiger partial charge in [0.1, 0.15) is 11.5 Å². The predicted octanol–water partition coefficient (Wildman–Crippen LogP) is 2.42. The maximum absolute atomic E-state index is 9.81. The summed E-state index contributed by atoms with van der Waals surface area (Å²) in [6, 6.07) is 17.8. The summed E-state index contributed by atoms with van der Waals surface area (Å²) in [6.45, 7) is 3.96. The summed E-state index contributed by atoms with van der Waals surface area (Å²) in [5.74, 6) is 1.62. The van der Waals surface area contributed by atoms with Gasteiger partial charge in [-0.3, -0.25) is 4.90 Å². The van der Waals surface area contributed by atoms with Crippen LogP contribution in [0.25, 0.3) is 0 Å². The fourth-order valence-corrected chi connectivity index (χ4v) is 2.84. The fourth-order valence-electron chi connectivity index (χ4n) is 2.84. The molecule has 2 aromatic carbocycles. The second kappa shape index (κ2) is 7.40. The van der Waals surface area contributed by atoms with Crippen LogP contribution in [0.2, 0.25) is 0 Å². The lowest BCUT2D eigenvalue weighted by Crippen LogP contribution is -2.46. The normalized spacial score (nSPS) is 17.1. The third-order valence-electron chi connectivity index (χ3n) is 3.99. The molecule has 116 valence electrons. The zero-order valence-electron chi connectivity index (χ0n) is 12.6. The third kappa shape index (κ3) is 3.65. The minimum atomic E-state index is 0.0291. The van der Waals surface area contributed by atoms with Crippen molar-refractivity contribution in [3.63, 3.8) is 0 Å². The second-order valence-corrected chi connectivity index (χ2v) is 5.47. The van der Waals surface area contributed by atoms with Gasteiger partial charge in [-0.25, -0.2) is 0 Å². The number of aliphatic hydroxyl groups is 1. The lowest BCUT2D eigenvalue weighted by atomic mass is 10.0. The Hall–Kier alpha value is -1.88. The molecule has 1 fully saturated rings. The van der Waals surface area contributed by atoms with E-state index in [1.807, 2.05) is 48.5 Å². The van der Waals surface area contributed by atoms with Gasteiger partial charge in [-0.05, 0) is 29.8 Å². The average molecular weight is 298 g/mol. The Morgan fingerprint density at radius 2 is 1.73 bits per heavy atom. The van der Waals surface area contributed by atoms with Crippen molar-refractivity contribution in [2.45, 2.75) is 6.04 Å². The lowest BCUT2D eigenvalue weighted by Gasteiger charge is -2.34. The zero-order valence-corrected chi connectivity index (χ0v) is 12.6. The highest BCUT2D eigenvalue weighted by molar-refractivity contribution is 5.35. The molecule has 0 aromatic heterocycles. The van der Waals surface area contributed by atoms with E-state index in [4.69, 9.17) is 4.74 Å². The van der Waals surface area contributed by atoms with Crippen LogP contribution < -0.4 is 10.1 Å². The van der Waals surface area contributed by atoms with Gasteiger partial charge in [0.2, 0.25) is 0 Å². The van der Waals surface area contributed by atoms with E-state index in [0.717, 1.165) is 43.2 Å². The largest absolute Gasteiger partial charge is 0.457 e. The molecule has 1 saturated heterocycles. The number of nitrogens with zero attached hydrogens (tertiary/aromatic N) is 1. The van der Waals surface area contributed by atoms with Gasteiger partial charge in [-0.1, -0.05) is 30.3 Å². The Bertz CT molecular complexity index is 583. The van der Waals surface area contributed by atoms with Gasteiger partial charge in [0.25, 0.3) is 0 Å². The lowest BCUT2D eigenvalue weighted by molar-refractivity contribution is 0.110. The molecule has 0 spiro atoms. The first-order chi connectivity index (χ1) is 10.9. The maximum atomic E-state index is 9.81. The van der Waals surface area contributed by atoms with Crippen molar-refractivity contribution >= 4 is 0 Å². The number of para-hydroxylation sites is 1. The Labute approximate surface area is 131 Å². The number of piperazine rings is 1. The van der Waals surface area contributed by atoms with Crippen LogP contribution in [-0.2, 0) is 0 Å². The third-order valence-corrected chi connectivity index (χ3v) is 3.99. The minimum Gasteiger partial charge on any atom is -0.457 e. The van der Waals surface area contributed by atoms with Gasteiger partial charge in [-0.15, -0.1) is 0 Å². The molecule has 0 saturated carbocycles. The number of ether oxygens (including phenoxy) is 1. The summed E-state index contributed by atoms with van der Waals surface area (Å²) in [7, 11) is 0. The Balaban J connectivity index is 1.77. The fraction of sp³-hybridized carbons (Fsp3) is 0.333. The van der Waals surface area contributed by atoms with Crippen LogP contribution in [0.1, 0.15) is 11.6 Å². The number of benzene rings is 2. The van der Waals surface area contributed by atoms with Crippen molar-refractivity contribution in [3.8, 4) is 11.5 Å². The van der Waals surface area contributed by atoms with Gasteiger partial charge in [0.15, 0.2) is 0 Å². The summed E-state index contributed by atoms with van der Waals surface area (Å²) in [6.07, 6.45) is 0. The van der Waals surface area contributed by atoms with Crippen LogP contribution in [0, 0.1) is 0 Å². The minimum absolute atomic E-state index is 0.0291. The molecule has 0 amide bonds. The molecular formula is C18H22N2O2. The first-order valence-electron chi connectivity index (χ1n) is 7.75. The first kappa shape index (κ1) is 15.0. The molecule has 1 atom stereocenters. The summed E-state index contributed by atoms with van der Waals surface area (Å²) in [4.78, 5) is 2.32. The van der Waals surface area contributed by atoms with E-state index in [1.54, 1.807) is 0 Å². The molecule has 1 aliphatic rings. The first-order valence-corrected chi connectivity index (χ1v) is 7.75. The molecule has 0 unspecified atom stereocenters. The van der Waals surface area contributed by atoms with E-state index >= 15 is 0 Å². The maximum Gasteiger partial charge on any atom is 0.127 e. The number of hydrogen-bond donors (Lipinski definition) is 2. The molecule has 0 radical (unpaired) electrons. The Morgan fingerprint density at radius 3 is 2.45 bits per heavy atom. The molecule has 2 N–H and O–H groups in total. The van der Waals surface area contributed by atoms with Crippen LogP contribution >= 0.6 is 0 Å². The molecule has 4 nitrogen and oxygen atoms in total. The topological polar surface area (TPSA) is 44.7 Å². The van der Waals surface area contributed by atoms with Crippen molar-refractivity contribution in [2.75, 3.05) is 32.8 Å². The zero-order chi connectivity index (χ0) is 15.2. The van der Waals surface area contributed by atoms with Crippen LogP contribution in [-0.4, -0.2) is 42.8 Å². The predicted molar refractivity (Wildman–Crippen MR) is 87.2 cm³/mol. The molecule has 22 heavy (non-hydrogen) atoms. The van der Waals surface area contributed by atoms with E-state index in [1.165, 1.54) is 0 Å². The van der Waals surface area contributed by atoms with Crippen molar-refractivity contribution in [3.05, 3.63) is 60.2 Å². The molecule has 1 aliphatic heterocycles. The average Bonchev–Trinajstić information content (AvgIpc) is 2.58. The van der Waals surface area contributed by atoms with Crippen molar-refractivity contribution in [2.24, 2.45) is 0 Å². The Kier molecular flexibility index (Phi) is 5.06. The van der Waals surface area contributed by atoms with Crippen LogP contribution in [0.5, 0.6) is 11.5 Å². The number of aliphatic hydroxyl groups excluding tert-OH is 1. The highest BCUT2D eigenvalue weighted by atomic mass is 16.5. The molecule has 1 heterocycles. The summed E-state index contributed by atoms with van der Waals surface area (Å²) >= 11 is 0. The van der Waals surface area contributed by atoms with Crippen LogP contribution in [0.3, 0.4) is 0 Å². The van der Waals surface area contributed by atoms with Gasteiger partial charge >= 0.3 is 0 Å². The van der Waals surface area contributed by atoms with E-state index < -0.39 is 0 Å². The van der Waals surface area contributed by atoms with E-state index in [2.05, 4.69) is 16.3 Å². The molecule has 0 aliphatic carbocycles. The number of rotatable bonds is 5. The van der Waals surface area contributed by atoms with Crippen LogP contribution in [0.15, 0.2) is 54.6 Å². The van der Waals surface area contributed by atoms with Gasteiger partial charge in [0, 0.05) is 26.2 Å². The summed E-state index contributed by atoms with van der Waals surface area (Å²) < 4.78 is 5.89. The molecular weight excluding hydrogens is 276 g/mol. The van der Waals surface area contributed by atoms with Crippen molar-refractivity contribution in [1.82, 2.24) is 10.2 Å². The molecule has 0 bridgehead atoms. The molecule has 4 heteroatoms. The standard InChI is InChI=1S/C18H22N2O2/c21-14-18(20-11-9-19-10-12-20)15-5-4-8-17(13-15)22-16-6-2-1-3-7-16/h1-8,13,18-19,21H,9-12,14H2/t18-/m0/s1. The number of nitrogens with one attached hydrogen (secondary N) is 1. The summed E-state index contributed by atoms with van der Waals surface area (Å²) in [5.41, 5.74) is 1.10. The monoisotopic (exact) mass is 298 g/mol. The molecule has 2 aromatic rings. The summed E-state index contributed by atoms with van der Waals surface area (Å²) in [5, 5.41) is 13.2. The number of hydrogen-bond acceptors (Lipinski definition) is 4. The van der Waals surface area contributed by atoms with Crippen molar-refractivity contribution in [1.29, 1.82) is 0 Å². The highest BCUT2D eigenvalue weighted by Crippen LogP contribution is 2.27. The molecule has 3 rings (SSSR count). The van der Waals surface area contributed by atoms with E-state index in [9.17, 15) is 5.11 Å². The quantitative estimate of drug-likeness (QED) is 0.890. The highest BCUT2D eigenvalue weighted by Gasteiger charge is 2.21. The second-order valence-electron chi connectivity index (χ2n) is 5.47. The Morgan fingerprint density at radius 1 is 1.00 bits per heavy atom. The van der Waals surface area contributed by atoms with Gasteiger partial charge in [-0.2, -0.15) is 0 Å². The smallest absolute Gasteiger partial charge is 0.127 e. The van der Waals surface area contributed by atoms with Gasteiger partial charge in [0.05, 0.1) is 12.6 Å². The van der Waals surface area contributed by atoms with E-state index in [-0.39, 0.29) is 12.6 Å². The van der Waals surface area contributed by atoms with E-state index in [0.29, 0.717) is 0 Å². The van der Waals surface area contributed by atoms with Crippen LogP contribution in [0.4, 0.5) is 0 Å². The van der Waals surface area contributed by atoms with Crippen molar-refractivity contribution < 1.29 is 9.84 Å². The van der Waals surface area contributed by atoms with Gasteiger partial charge < -0.3 is 15.2 Å². The SMILES string of the molecule is OC[C@@H](c1cccc(Oc2ccccc2)c1)N1CCNCC1.